The topological polar surface area (TPSA) is 132 Å². The van der Waals surface area contributed by atoms with Gasteiger partial charge in [0.2, 0.25) is 0 Å². The van der Waals surface area contributed by atoms with Gasteiger partial charge in [0.05, 0.1) is 39.8 Å². The van der Waals surface area contributed by atoms with Crippen LogP contribution < -0.4 is 21.1 Å². The number of anilines is 1. The normalized spacial score (nSPS) is 16.4. The van der Waals surface area contributed by atoms with Gasteiger partial charge in [0.25, 0.3) is 0 Å². The molecule has 3 heterocycles. The maximum atomic E-state index is 13.7. The van der Waals surface area contributed by atoms with Gasteiger partial charge in [0, 0.05) is 35.9 Å². The van der Waals surface area contributed by atoms with Crippen LogP contribution in [0.4, 0.5) is 10.1 Å². The number of benzene rings is 2. The lowest BCUT2D eigenvalue weighted by molar-refractivity contribution is 0.294. The molecule has 0 radical (unpaired) electrons. The van der Waals surface area contributed by atoms with E-state index in [9.17, 15) is 12.8 Å². The van der Waals surface area contributed by atoms with Gasteiger partial charge in [-0.15, -0.1) is 11.3 Å². The van der Waals surface area contributed by atoms with Crippen LogP contribution in [-0.2, 0) is 28.7 Å². The van der Waals surface area contributed by atoms with Crippen molar-refractivity contribution < 1.29 is 17.5 Å². The van der Waals surface area contributed by atoms with Crippen LogP contribution in [0.15, 0.2) is 69.6 Å². The Labute approximate surface area is 243 Å². The summed E-state index contributed by atoms with van der Waals surface area (Å²) >= 11 is 5.03. The summed E-state index contributed by atoms with van der Waals surface area (Å²) in [5.74, 6) is 0.219. The van der Waals surface area contributed by atoms with Gasteiger partial charge in [-0.25, -0.2) is 22.8 Å². The number of ether oxygens (including phenoxy) is 1. The Bertz CT molecular complexity index is 1680. The fourth-order valence-corrected chi connectivity index (χ4v) is 5.97. The number of fused-ring (bicyclic) bond motifs is 1. The van der Waals surface area contributed by atoms with Crippen LogP contribution in [0.5, 0.6) is 5.75 Å². The van der Waals surface area contributed by atoms with E-state index in [4.69, 9.17) is 10.5 Å². The van der Waals surface area contributed by atoms with Crippen molar-refractivity contribution in [2.24, 2.45) is 10.7 Å². The highest BCUT2D eigenvalue weighted by atomic mass is 79.9. The van der Waals surface area contributed by atoms with Crippen molar-refractivity contribution in [3.63, 3.8) is 0 Å². The highest BCUT2D eigenvalue weighted by Crippen LogP contribution is 2.43. The van der Waals surface area contributed by atoms with Crippen molar-refractivity contribution in [2.75, 3.05) is 23.9 Å². The van der Waals surface area contributed by atoms with Crippen LogP contribution in [0.2, 0.25) is 0 Å². The number of pyridine rings is 1. The second-order valence-electron chi connectivity index (χ2n) is 9.25. The average molecular weight is 646 g/mol. The van der Waals surface area contributed by atoms with Crippen LogP contribution in [-0.4, -0.2) is 43.3 Å². The fraction of sp³-hybridized carbons (Fsp3) is 0.222. The second kappa shape index (κ2) is 11.7. The monoisotopic (exact) mass is 644 g/mol. The molecule has 1 unspecified atom stereocenters. The molecule has 0 saturated heterocycles. The zero-order valence-corrected chi connectivity index (χ0v) is 24.6. The average Bonchev–Trinajstić information content (AvgIpc) is 3.39. The fourth-order valence-electron chi connectivity index (χ4n) is 4.21. The van der Waals surface area contributed by atoms with Crippen LogP contribution >= 0.6 is 27.3 Å². The van der Waals surface area contributed by atoms with Crippen LogP contribution in [0, 0.1) is 5.82 Å². The Balaban J connectivity index is 1.43. The number of nitrogens with one attached hydrogen (secondary N) is 2. The minimum absolute atomic E-state index is 0.0627. The zero-order chi connectivity index (χ0) is 28.3. The van der Waals surface area contributed by atoms with Crippen molar-refractivity contribution >= 4 is 49.1 Å². The first-order valence-electron chi connectivity index (χ1n) is 12.2. The molecular formula is C27H26BrFN6O3S2. The van der Waals surface area contributed by atoms with Crippen molar-refractivity contribution in [1.29, 1.82) is 0 Å². The number of nitrogens with zero attached hydrogens (tertiary/aromatic N) is 3. The Morgan fingerprint density at radius 1 is 1.18 bits per heavy atom. The summed E-state index contributed by atoms with van der Waals surface area (Å²) in [7, 11) is -3.03. The Morgan fingerprint density at radius 3 is 2.80 bits per heavy atom. The molecule has 0 saturated carbocycles. The number of sulfone groups is 1. The van der Waals surface area contributed by atoms with Crippen molar-refractivity contribution in [2.45, 2.75) is 18.8 Å². The molecule has 0 fully saturated rings. The van der Waals surface area contributed by atoms with E-state index < -0.39 is 15.5 Å². The summed E-state index contributed by atoms with van der Waals surface area (Å²) in [4.78, 5) is 13.9. The molecule has 2 aromatic carbocycles. The number of aliphatic imine (C=N–C) groups is 1. The molecule has 5 rings (SSSR count). The molecule has 9 nitrogen and oxygen atoms in total. The number of hydrogen-bond acceptors (Lipinski definition) is 10. The Kier molecular flexibility index (Phi) is 8.29. The first-order chi connectivity index (χ1) is 19.1. The molecule has 1 atom stereocenters. The molecule has 4 N–H and O–H groups in total. The molecule has 0 bridgehead atoms. The van der Waals surface area contributed by atoms with E-state index in [0.29, 0.717) is 57.1 Å². The summed E-state index contributed by atoms with van der Waals surface area (Å²) in [6.07, 6.45) is 4.43. The molecule has 0 aliphatic carbocycles. The number of nitrogens with two attached hydrogens (primary N) is 1. The maximum Gasteiger partial charge on any atom is 0.167 e. The molecule has 1 aliphatic rings. The lowest BCUT2D eigenvalue weighted by Gasteiger charge is -2.33. The maximum absolute atomic E-state index is 13.7. The van der Waals surface area contributed by atoms with Gasteiger partial charge in [0.15, 0.2) is 5.66 Å². The third kappa shape index (κ3) is 6.39. The smallest absolute Gasteiger partial charge is 0.167 e. The predicted molar refractivity (Wildman–Crippen MR) is 159 cm³/mol. The second-order valence-corrected chi connectivity index (χ2v) is 13.3. The van der Waals surface area contributed by atoms with Crippen LogP contribution in [0.1, 0.15) is 21.7 Å². The summed E-state index contributed by atoms with van der Waals surface area (Å²) in [5, 5.41) is 8.92. The first-order valence-corrected chi connectivity index (χ1v) is 15.9. The molecule has 208 valence electrons. The van der Waals surface area contributed by atoms with Crippen molar-refractivity contribution in [3.8, 4) is 17.1 Å². The van der Waals surface area contributed by atoms with Crippen LogP contribution in [0.3, 0.4) is 0 Å². The van der Waals surface area contributed by atoms with Crippen LogP contribution in [0.25, 0.3) is 11.4 Å². The SMILES string of the molecule is CS(=O)(=O)CCNCc1nc(-c2cc3c(cn2)NC=NC3(N)c2cccc(Br)c2OCc2cccc(F)c2)cs1. The minimum Gasteiger partial charge on any atom is -0.487 e. The van der Waals surface area contributed by atoms with Gasteiger partial charge < -0.3 is 15.4 Å². The number of aromatic nitrogens is 2. The Morgan fingerprint density at radius 2 is 2.00 bits per heavy atom. The van der Waals surface area contributed by atoms with E-state index in [1.54, 1.807) is 18.3 Å². The number of thiazole rings is 1. The van der Waals surface area contributed by atoms with E-state index in [0.717, 1.165) is 5.01 Å². The van der Waals surface area contributed by atoms with Gasteiger partial charge in [-0.2, -0.15) is 0 Å². The molecular weight excluding hydrogens is 619 g/mol. The predicted octanol–water partition coefficient (Wildman–Crippen LogP) is 4.43. The summed E-state index contributed by atoms with van der Waals surface area (Å²) in [6, 6.07) is 13.6. The van der Waals surface area contributed by atoms with Crippen molar-refractivity contribution in [3.05, 3.63) is 92.1 Å². The molecule has 4 aromatic rings. The van der Waals surface area contributed by atoms with Gasteiger partial charge in [0.1, 0.15) is 33.0 Å². The first kappa shape index (κ1) is 28.3. The quantitative estimate of drug-likeness (QED) is 0.216. The third-order valence-corrected chi connectivity index (χ3v) is 8.61. The summed E-state index contributed by atoms with van der Waals surface area (Å²) < 4.78 is 43.3. The van der Waals surface area contributed by atoms with Gasteiger partial charge in [-0.1, -0.05) is 24.3 Å². The molecule has 40 heavy (non-hydrogen) atoms. The minimum atomic E-state index is -3.03. The highest BCUT2D eigenvalue weighted by molar-refractivity contribution is 9.10. The molecule has 2 aromatic heterocycles. The Hall–Kier alpha value is -3.23. The summed E-state index contributed by atoms with van der Waals surface area (Å²) in [6.45, 7) is 0.933. The third-order valence-electron chi connectivity index (χ3n) is 6.19. The number of rotatable bonds is 10. The molecule has 0 spiro atoms. The number of para-hydroxylation sites is 1. The number of hydrogen-bond donors (Lipinski definition) is 3. The highest BCUT2D eigenvalue weighted by Gasteiger charge is 2.37. The molecule has 0 amide bonds. The summed E-state index contributed by atoms with van der Waals surface area (Å²) in [5.41, 5.74) is 9.65. The lowest BCUT2D eigenvalue weighted by atomic mass is 9.89. The lowest BCUT2D eigenvalue weighted by Crippen LogP contribution is -2.40. The van der Waals surface area contributed by atoms with Gasteiger partial charge >= 0.3 is 0 Å². The van der Waals surface area contributed by atoms with Crippen molar-refractivity contribution in [1.82, 2.24) is 15.3 Å². The van der Waals surface area contributed by atoms with E-state index in [2.05, 4.69) is 41.5 Å². The van der Waals surface area contributed by atoms with Gasteiger partial charge in [-0.05, 0) is 45.8 Å². The van der Waals surface area contributed by atoms with E-state index in [1.807, 2.05) is 29.6 Å². The standard InChI is InChI=1S/C27H26BrFN6O3S2/c1-40(36,37)9-8-31-13-25-35-24(15-39-25)22-11-20-23(12-32-22)33-16-34-27(20,30)19-6-3-7-21(28)26(19)38-14-17-4-2-5-18(29)10-17/h2-7,10-12,15-16,31H,8-9,13-14,30H2,1H3,(H,33,34). The number of halogens is 2. The van der Waals surface area contributed by atoms with E-state index >= 15 is 0 Å². The van der Waals surface area contributed by atoms with E-state index in [1.165, 1.54) is 36.1 Å². The zero-order valence-electron chi connectivity index (χ0n) is 21.4. The van der Waals surface area contributed by atoms with E-state index in [-0.39, 0.29) is 18.2 Å². The molecule has 1 aliphatic heterocycles. The largest absolute Gasteiger partial charge is 0.487 e. The van der Waals surface area contributed by atoms with Gasteiger partial charge in [-0.3, -0.25) is 10.7 Å². The molecule has 13 heteroatoms.